The summed E-state index contributed by atoms with van der Waals surface area (Å²) in [7, 11) is 0. The number of H-pyrrole nitrogens is 1. The number of fused-ring (bicyclic) bond motifs is 1. The van der Waals surface area contributed by atoms with E-state index in [4.69, 9.17) is 0 Å². The van der Waals surface area contributed by atoms with Crippen molar-refractivity contribution in [2.45, 2.75) is 49.1 Å². The van der Waals surface area contributed by atoms with Gasteiger partial charge in [0, 0.05) is 23.3 Å². The van der Waals surface area contributed by atoms with E-state index < -0.39 is 52.5 Å². The second-order valence-electron chi connectivity index (χ2n) is 14.0. The average Bonchev–Trinajstić information content (AvgIpc) is 3.63. The molecule has 5 aromatic carbocycles. The number of alkyl halides is 3. The Morgan fingerprint density at radius 1 is 0.679 bits per heavy atom. The van der Waals surface area contributed by atoms with E-state index in [0.29, 0.717) is 19.4 Å². The van der Waals surface area contributed by atoms with Crippen molar-refractivity contribution >= 4 is 5.69 Å². The zero-order valence-electron chi connectivity index (χ0n) is 28.6. The summed E-state index contributed by atoms with van der Waals surface area (Å²) in [6, 6.07) is 45.8. The number of rotatable bonds is 9. The van der Waals surface area contributed by atoms with Crippen LogP contribution in [0, 0.1) is 5.92 Å². The molecule has 53 heavy (non-hydrogen) atoms. The van der Waals surface area contributed by atoms with Gasteiger partial charge in [-0.1, -0.05) is 133 Å². The third-order valence-electron chi connectivity index (χ3n) is 10.7. The van der Waals surface area contributed by atoms with E-state index in [2.05, 4.69) is 40.3 Å². The number of para-hydroxylation sites is 2. The van der Waals surface area contributed by atoms with Gasteiger partial charge in [0.05, 0.1) is 11.3 Å². The zero-order valence-corrected chi connectivity index (χ0v) is 28.6. The maximum Gasteiger partial charge on any atom is 0.433 e. The maximum atomic E-state index is 14.5. The van der Waals surface area contributed by atoms with Crippen LogP contribution in [0.25, 0.3) is 5.69 Å². The normalized spacial score (nSPS) is 21.4. The fourth-order valence-electron chi connectivity index (χ4n) is 8.29. The molecule has 2 atom stereocenters. The highest BCUT2D eigenvalue weighted by Crippen LogP contribution is 2.54. The highest BCUT2D eigenvalue weighted by Gasteiger charge is 2.50. The van der Waals surface area contributed by atoms with E-state index in [0.717, 1.165) is 38.3 Å². The largest absolute Gasteiger partial charge is 0.851 e. The van der Waals surface area contributed by atoms with Gasteiger partial charge in [-0.25, -0.2) is 4.68 Å². The highest BCUT2D eigenvalue weighted by molar-refractivity contribution is 5.72. The second kappa shape index (κ2) is 13.7. The molecule has 1 aliphatic heterocycles. The van der Waals surface area contributed by atoms with Crippen LogP contribution in [0.3, 0.4) is 0 Å². The minimum Gasteiger partial charge on any atom is -0.851 e. The van der Waals surface area contributed by atoms with Gasteiger partial charge >= 0.3 is 6.18 Å². The first kappa shape index (κ1) is 34.4. The predicted molar refractivity (Wildman–Crippen MR) is 194 cm³/mol. The maximum absolute atomic E-state index is 14.5. The van der Waals surface area contributed by atoms with Gasteiger partial charge in [0.25, 0.3) is 5.56 Å². The number of aromatic nitrogens is 2. The third-order valence-corrected chi connectivity index (χ3v) is 10.7. The van der Waals surface area contributed by atoms with Gasteiger partial charge in [0.2, 0.25) is 0 Å². The van der Waals surface area contributed by atoms with E-state index in [1.54, 1.807) is 24.3 Å². The number of benzene rings is 5. The SMILES string of the molecule is O=c1c(C2C([O-])C(C=C3N(Cc4ccccc4)c4ccccc4C3(Cc3ccccc3)Cc3ccccc3)C2[O-])c(C(F)(F)F)[nH]n1-c1ccccc1. The number of anilines is 1. The summed E-state index contributed by atoms with van der Waals surface area (Å²) >= 11 is 0. The molecule has 6 aromatic rings. The van der Waals surface area contributed by atoms with Crippen molar-refractivity contribution in [2.75, 3.05) is 4.90 Å². The summed E-state index contributed by atoms with van der Waals surface area (Å²) in [4.78, 5) is 15.8. The first-order chi connectivity index (χ1) is 25.7. The molecule has 0 amide bonds. The average molecular weight is 712 g/mol. The number of halogens is 3. The van der Waals surface area contributed by atoms with Crippen molar-refractivity contribution < 1.29 is 23.4 Å². The number of hydrogen-bond donors (Lipinski definition) is 1. The van der Waals surface area contributed by atoms with Crippen LogP contribution in [-0.4, -0.2) is 22.0 Å². The molecule has 1 aliphatic carbocycles. The summed E-state index contributed by atoms with van der Waals surface area (Å²) in [5.41, 5.74) is 2.07. The molecule has 1 aromatic heterocycles. The van der Waals surface area contributed by atoms with E-state index in [-0.39, 0.29) is 5.69 Å². The quantitative estimate of drug-likeness (QED) is 0.181. The lowest BCUT2D eigenvalue weighted by atomic mass is 9.63. The molecule has 0 bridgehead atoms. The molecule has 0 spiro atoms. The highest BCUT2D eigenvalue weighted by atomic mass is 19.4. The van der Waals surface area contributed by atoms with E-state index in [1.165, 1.54) is 12.1 Å². The Morgan fingerprint density at radius 2 is 1.17 bits per heavy atom. The van der Waals surface area contributed by atoms with Crippen LogP contribution >= 0.6 is 0 Å². The number of hydrogen-bond acceptors (Lipinski definition) is 4. The molecule has 1 saturated carbocycles. The standard InChI is InChI=1S/C44H36F3N3O3/c45-44(46,47)41-38(42(53)50(48-41)32-21-11-4-12-22-32)37-39(51)33(40(37)52)25-36-43(26-29-15-5-1-6-16-29,27-30-17-7-2-8-18-30)34-23-13-14-24-35(34)49(36)28-31-19-9-3-10-20-31/h1-25,33,37,39-40,48H,26-28H2/q-2. The van der Waals surface area contributed by atoms with Gasteiger partial charge in [-0.3, -0.25) is 9.89 Å². The first-order valence-corrected chi connectivity index (χ1v) is 17.7. The lowest BCUT2D eigenvalue weighted by molar-refractivity contribution is -0.543. The molecule has 0 saturated heterocycles. The summed E-state index contributed by atoms with van der Waals surface area (Å²) in [6.45, 7) is 0.441. The molecule has 6 nitrogen and oxygen atoms in total. The van der Waals surface area contributed by atoms with Crippen LogP contribution in [0.5, 0.6) is 0 Å². The summed E-state index contributed by atoms with van der Waals surface area (Å²) in [5, 5.41) is 30.8. The molecular weight excluding hydrogens is 675 g/mol. The van der Waals surface area contributed by atoms with Crippen LogP contribution < -0.4 is 20.7 Å². The van der Waals surface area contributed by atoms with Crippen molar-refractivity contribution in [1.29, 1.82) is 0 Å². The van der Waals surface area contributed by atoms with Gasteiger partial charge in [-0.2, -0.15) is 13.2 Å². The Labute approximate surface area is 305 Å². The van der Waals surface area contributed by atoms with Crippen molar-refractivity contribution in [3.8, 4) is 5.69 Å². The van der Waals surface area contributed by atoms with Crippen LogP contribution in [0.4, 0.5) is 18.9 Å². The molecular formula is C44H36F3N3O3-2. The van der Waals surface area contributed by atoms with E-state index >= 15 is 0 Å². The fourth-order valence-corrected chi connectivity index (χ4v) is 8.29. The summed E-state index contributed by atoms with van der Waals surface area (Å²) in [6.07, 6.45) is -5.75. The minimum atomic E-state index is -4.99. The molecule has 9 heteroatoms. The Bertz CT molecular complexity index is 2240. The molecule has 8 rings (SSSR count). The Kier molecular flexibility index (Phi) is 8.92. The van der Waals surface area contributed by atoms with Crippen molar-refractivity contribution in [1.82, 2.24) is 9.78 Å². The van der Waals surface area contributed by atoms with Crippen molar-refractivity contribution in [3.63, 3.8) is 0 Å². The molecule has 2 aliphatic rings. The van der Waals surface area contributed by atoms with Gasteiger partial charge < -0.3 is 15.1 Å². The second-order valence-corrected chi connectivity index (χ2v) is 14.0. The predicted octanol–water partition coefficient (Wildman–Crippen LogP) is 6.68. The van der Waals surface area contributed by atoms with Gasteiger partial charge in [0.1, 0.15) is 5.69 Å². The van der Waals surface area contributed by atoms with Gasteiger partial charge in [0.15, 0.2) is 0 Å². The summed E-state index contributed by atoms with van der Waals surface area (Å²) < 4.78 is 44.2. The molecule has 1 fully saturated rings. The molecule has 268 valence electrons. The zero-order chi connectivity index (χ0) is 36.7. The van der Waals surface area contributed by atoms with Crippen LogP contribution in [0.15, 0.2) is 162 Å². The fraction of sp³-hybridized carbons (Fsp3) is 0.205. The lowest BCUT2D eigenvalue weighted by Crippen LogP contribution is -2.66. The number of aromatic amines is 1. The topological polar surface area (TPSA) is 87.2 Å². The lowest BCUT2D eigenvalue weighted by Gasteiger charge is -2.60. The first-order valence-electron chi connectivity index (χ1n) is 17.7. The summed E-state index contributed by atoms with van der Waals surface area (Å²) in [5.74, 6) is -2.87. The van der Waals surface area contributed by atoms with Crippen LogP contribution in [0.1, 0.15) is 39.4 Å². The Morgan fingerprint density at radius 3 is 1.72 bits per heavy atom. The van der Waals surface area contributed by atoms with E-state index in [1.807, 2.05) is 84.9 Å². The van der Waals surface area contributed by atoms with Crippen LogP contribution in [0.2, 0.25) is 0 Å². The number of allylic oxidation sites excluding steroid dienone is 1. The monoisotopic (exact) mass is 711 g/mol. The third kappa shape index (κ3) is 6.19. The van der Waals surface area contributed by atoms with Gasteiger partial charge in [-0.15, -0.1) is 12.2 Å². The van der Waals surface area contributed by atoms with Crippen molar-refractivity contribution in [3.05, 3.63) is 201 Å². The smallest absolute Gasteiger partial charge is 0.433 e. The number of nitrogens with zero attached hydrogens (tertiary/aromatic N) is 2. The minimum absolute atomic E-state index is 0.170. The molecule has 1 N–H and O–H groups in total. The van der Waals surface area contributed by atoms with Crippen molar-refractivity contribution in [2.24, 2.45) is 5.92 Å². The van der Waals surface area contributed by atoms with Gasteiger partial charge in [-0.05, 0) is 65.1 Å². The van der Waals surface area contributed by atoms with E-state index in [9.17, 15) is 28.2 Å². The van der Waals surface area contributed by atoms with Crippen LogP contribution in [-0.2, 0) is 31.0 Å². The number of nitrogens with one attached hydrogen (secondary N) is 1. The molecule has 2 unspecified atom stereocenters. The molecule has 2 heterocycles. The molecule has 0 radical (unpaired) electrons. The Hall–Kier alpha value is -5.64. The Balaban J connectivity index is 1.28.